The summed E-state index contributed by atoms with van der Waals surface area (Å²) in [6.45, 7) is 10.0. The standard InChI is InChI=1S/C18H18ClNO6.C3H8.C2H6/c1-24-4-2-5-25-17-9-16-11(7-13(17)19)14-8-15(21)12(18(22)23)10-20(14)3-6-26-16;1-3-2;1-2/h7-10H,2-6H2,1H3,(H,22,23);3H2,1-2H3;1-2H3. The molecule has 1 N–H and O–H groups in total. The summed E-state index contributed by atoms with van der Waals surface area (Å²) in [4.78, 5) is 23.3. The smallest absolute Gasteiger partial charge is 0.341 e. The molecule has 172 valence electrons. The minimum atomic E-state index is -1.26. The number of carboxylic acids is 1. The Morgan fingerprint density at radius 2 is 1.90 bits per heavy atom. The first-order valence-electron chi connectivity index (χ1n) is 10.5. The van der Waals surface area contributed by atoms with Crippen LogP contribution in [0.5, 0.6) is 11.5 Å². The molecular formula is C23H32ClNO6. The lowest BCUT2D eigenvalue weighted by atomic mass is 10.1. The van der Waals surface area contributed by atoms with Crippen LogP contribution >= 0.6 is 11.6 Å². The summed E-state index contributed by atoms with van der Waals surface area (Å²) in [5, 5.41) is 9.53. The number of hydrogen-bond donors (Lipinski definition) is 1. The monoisotopic (exact) mass is 453 g/mol. The van der Waals surface area contributed by atoms with Gasteiger partial charge in [-0.05, 0) is 6.07 Å². The number of rotatable bonds is 6. The van der Waals surface area contributed by atoms with Crippen molar-refractivity contribution in [2.75, 3.05) is 26.9 Å². The van der Waals surface area contributed by atoms with E-state index in [0.29, 0.717) is 54.1 Å². The van der Waals surface area contributed by atoms with E-state index in [1.165, 1.54) is 18.7 Å². The number of aromatic carboxylic acids is 1. The first-order valence-corrected chi connectivity index (χ1v) is 10.9. The number of halogens is 1. The molecule has 0 aliphatic carbocycles. The van der Waals surface area contributed by atoms with E-state index in [1.54, 1.807) is 23.8 Å². The Balaban J connectivity index is 0.000000884. The molecule has 8 heteroatoms. The Morgan fingerprint density at radius 3 is 2.52 bits per heavy atom. The summed E-state index contributed by atoms with van der Waals surface area (Å²) in [5.41, 5.74) is 0.333. The van der Waals surface area contributed by atoms with Crippen molar-refractivity contribution in [3.05, 3.63) is 45.2 Å². The van der Waals surface area contributed by atoms with Crippen LogP contribution in [0.15, 0.2) is 29.2 Å². The Hall–Kier alpha value is -2.51. The Kier molecular flexibility index (Phi) is 11.7. The van der Waals surface area contributed by atoms with Crippen LogP contribution in [0.25, 0.3) is 11.3 Å². The van der Waals surface area contributed by atoms with Crippen LogP contribution in [0.2, 0.25) is 5.02 Å². The molecule has 0 saturated heterocycles. The lowest BCUT2D eigenvalue weighted by molar-refractivity contribution is 0.0694. The molecule has 2 heterocycles. The molecule has 0 atom stereocenters. The quantitative estimate of drug-likeness (QED) is 0.611. The molecule has 0 saturated carbocycles. The zero-order valence-corrected chi connectivity index (χ0v) is 19.6. The van der Waals surface area contributed by atoms with Crippen LogP contribution < -0.4 is 14.9 Å². The molecule has 0 amide bonds. The van der Waals surface area contributed by atoms with Crippen molar-refractivity contribution >= 4 is 17.6 Å². The highest BCUT2D eigenvalue weighted by Crippen LogP contribution is 2.39. The number of aromatic nitrogens is 1. The summed E-state index contributed by atoms with van der Waals surface area (Å²) in [7, 11) is 1.62. The fourth-order valence-electron chi connectivity index (χ4n) is 2.76. The topological polar surface area (TPSA) is 87.0 Å². The number of benzene rings is 1. The van der Waals surface area contributed by atoms with E-state index in [1.807, 2.05) is 13.8 Å². The van der Waals surface area contributed by atoms with Gasteiger partial charge >= 0.3 is 5.97 Å². The maximum Gasteiger partial charge on any atom is 0.341 e. The highest BCUT2D eigenvalue weighted by molar-refractivity contribution is 6.32. The fourth-order valence-corrected chi connectivity index (χ4v) is 2.97. The van der Waals surface area contributed by atoms with Gasteiger partial charge in [0.1, 0.15) is 23.7 Å². The number of hydrogen-bond acceptors (Lipinski definition) is 5. The third-order valence-electron chi connectivity index (χ3n) is 4.01. The third-order valence-corrected chi connectivity index (χ3v) is 4.30. The number of ether oxygens (including phenoxy) is 3. The average molecular weight is 454 g/mol. The van der Waals surface area contributed by atoms with Gasteiger partial charge in [0.2, 0.25) is 0 Å². The summed E-state index contributed by atoms with van der Waals surface area (Å²) in [6, 6.07) is 4.65. The molecule has 2 aromatic rings. The van der Waals surface area contributed by atoms with Gasteiger partial charge in [0.15, 0.2) is 5.43 Å². The van der Waals surface area contributed by atoms with Crippen molar-refractivity contribution in [1.29, 1.82) is 0 Å². The molecule has 0 unspecified atom stereocenters. The van der Waals surface area contributed by atoms with Crippen molar-refractivity contribution in [2.45, 2.75) is 47.1 Å². The van der Waals surface area contributed by atoms with E-state index in [9.17, 15) is 9.59 Å². The lowest BCUT2D eigenvalue weighted by Gasteiger charge is -2.14. The van der Waals surface area contributed by atoms with Crippen molar-refractivity contribution in [3.63, 3.8) is 0 Å². The van der Waals surface area contributed by atoms with Gasteiger partial charge in [0, 0.05) is 44.0 Å². The van der Waals surface area contributed by atoms with Gasteiger partial charge in [0.25, 0.3) is 0 Å². The number of methoxy groups -OCH3 is 1. The van der Waals surface area contributed by atoms with Gasteiger partial charge in [-0.3, -0.25) is 4.79 Å². The van der Waals surface area contributed by atoms with Crippen LogP contribution in [0.4, 0.5) is 0 Å². The fraction of sp³-hybridized carbons (Fsp3) is 0.478. The maximum absolute atomic E-state index is 12.1. The molecule has 7 nitrogen and oxygen atoms in total. The van der Waals surface area contributed by atoms with E-state index in [4.69, 9.17) is 30.9 Å². The number of carboxylic acid groups (broad SMARTS) is 1. The summed E-state index contributed by atoms with van der Waals surface area (Å²) < 4.78 is 18.1. The summed E-state index contributed by atoms with van der Waals surface area (Å²) >= 11 is 6.32. The third kappa shape index (κ3) is 7.29. The maximum atomic E-state index is 12.1. The highest BCUT2D eigenvalue weighted by Gasteiger charge is 2.21. The zero-order valence-electron chi connectivity index (χ0n) is 18.9. The summed E-state index contributed by atoms with van der Waals surface area (Å²) in [5.74, 6) is -0.238. The van der Waals surface area contributed by atoms with Crippen LogP contribution in [0, 0.1) is 0 Å². The Bertz CT molecular complexity index is 910. The van der Waals surface area contributed by atoms with Crippen LogP contribution in [-0.2, 0) is 11.3 Å². The molecular weight excluding hydrogens is 422 g/mol. The first kappa shape index (κ1) is 26.5. The van der Waals surface area contributed by atoms with E-state index >= 15 is 0 Å². The molecule has 31 heavy (non-hydrogen) atoms. The zero-order chi connectivity index (χ0) is 23.4. The van der Waals surface area contributed by atoms with Crippen molar-refractivity contribution in [1.82, 2.24) is 4.57 Å². The molecule has 1 aliphatic heterocycles. The van der Waals surface area contributed by atoms with Crippen LogP contribution in [0.1, 0.15) is 50.9 Å². The second-order valence-corrected chi connectivity index (χ2v) is 6.87. The predicted molar refractivity (Wildman–Crippen MR) is 123 cm³/mol. The van der Waals surface area contributed by atoms with Crippen LogP contribution in [-0.4, -0.2) is 42.6 Å². The molecule has 0 spiro atoms. The second kappa shape index (κ2) is 13.7. The van der Waals surface area contributed by atoms with E-state index in [0.717, 1.165) is 6.42 Å². The summed E-state index contributed by atoms with van der Waals surface area (Å²) in [6.07, 6.45) is 3.31. The minimum Gasteiger partial charge on any atom is -0.492 e. The number of nitrogens with zero attached hydrogens (tertiary/aromatic N) is 1. The van der Waals surface area contributed by atoms with Gasteiger partial charge in [-0.15, -0.1) is 0 Å². The minimum absolute atomic E-state index is 0.276. The van der Waals surface area contributed by atoms with Crippen LogP contribution in [0.3, 0.4) is 0 Å². The SMILES string of the molecule is CC.CCC.COCCCOc1cc2c(cc1Cl)-c1cc(=O)c(C(=O)O)cn1CCO2. The molecule has 1 aromatic heterocycles. The van der Waals surface area contributed by atoms with Crippen molar-refractivity contribution in [2.24, 2.45) is 0 Å². The van der Waals surface area contributed by atoms with Gasteiger partial charge in [-0.25, -0.2) is 4.79 Å². The van der Waals surface area contributed by atoms with Gasteiger partial charge in [0.05, 0.1) is 23.9 Å². The molecule has 0 bridgehead atoms. The molecule has 3 rings (SSSR count). The number of pyridine rings is 1. The Labute approximate surface area is 188 Å². The van der Waals surface area contributed by atoms with E-state index < -0.39 is 11.4 Å². The van der Waals surface area contributed by atoms with E-state index in [2.05, 4.69) is 13.8 Å². The average Bonchev–Trinajstić information content (AvgIpc) is 2.91. The first-order chi connectivity index (χ1) is 14.9. The van der Waals surface area contributed by atoms with Crippen molar-refractivity contribution in [3.8, 4) is 22.8 Å². The second-order valence-electron chi connectivity index (χ2n) is 6.46. The number of carbonyl (C=O) groups is 1. The van der Waals surface area contributed by atoms with Gasteiger partial charge < -0.3 is 23.9 Å². The lowest BCUT2D eigenvalue weighted by Crippen LogP contribution is -2.19. The van der Waals surface area contributed by atoms with E-state index in [-0.39, 0.29) is 5.56 Å². The highest BCUT2D eigenvalue weighted by atomic mass is 35.5. The molecule has 1 aliphatic rings. The molecule has 1 aromatic carbocycles. The largest absolute Gasteiger partial charge is 0.492 e. The predicted octanol–water partition coefficient (Wildman–Crippen LogP) is 5.12. The molecule has 0 fully saturated rings. The normalized spacial score (nSPS) is 11.3. The Morgan fingerprint density at radius 1 is 1.23 bits per heavy atom. The van der Waals surface area contributed by atoms with Gasteiger partial charge in [-0.2, -0.15) is 0 Å². The van der Waals surface area contributed by atoms with Gasteiger partial charge in [-0.1, -0.05) is 45.7 Å². The molecule has 0 radical (unpaired) electrons. The number of fused-ring (bicyclic) bond motifs is 3. The van der Waals surface area contributed by atoms with Crippen molar-refractivity contribution < 1.29 is 24.1 Å².